The number of nitrogens with one attached hydrogen (secondary N) is 1. The van der Waals surface area contributed by atoms with Crippen molar-refractivity contribution in [2.24, 2.45) is 11.8 Å². The number of hydrogen-bond acceptors (Lipinski definition) is 7. The van der Waals surface area contributed by atoms with Crippen molar-refractivity contribution in [3.8, 4) is 5.75 Å². The van der Waals surface area contributed by atoms with Gasteiger partial charge < -0.3 is 29.7 Å². The van der Waals surface area contributed by atoms with Crippen molar-refractivity contribution < 1.29 is 14.3 Å². The molecule has 0 aliphatic carbocycles. The molecule has 0 radical (unpaired) electrons. The van der Waals surface area contributed by atoms with Crippen LogP contribution in [0.15, 0.2) is 42.7 Å². The molecular weight excluding hydrogens is 504 g/mol. The van der Waals surface area contributed by atoms with Gasteiger partial charge in [-0.15, -0.1) is 0 Å². The summed E-state index contributed by atoms with van der Waals surface area (Å²) in [6.45, 7) is 5.36. The lowest BCUT2D eigenvalue weighted by molar-refractivity contribution is -0.135. The quantitative estimate of drug-likeness (QED) is 0.541. The zero-order chi connectivity index (χ0) is 28.5. The van der Waals surface area contributed by atoms with Crippen LogP contribution in [0.2, 0.25) is 0 Å². The first kappa shape index (κ1) is 29.8. The van der Waals surface area contributed by atoms with Gasteiger partial charge in [0.15, 0.2) is 0 Å². The summed E-state index contributed by atoms with van der Waals surface area (Å²) in [4.78, 5) is 38.6. The average Bonchev–Trinajstić information content (AvgIpc) is 2.96. The fourth-order valence-electron chi connectivity index (χ4n) is 5.64. The maximum atomic E-state index is 13.1. The maximum Gasteiger partial charge on any atom is 0.236 e. The first-order valence-corrected chi connectivity index (χ1v) is 14.5. The second-order valence-electron chi connectivity index (χ2n) is 11.6. The minimum absolute atomic E-state index is 0.129. The molecule has 1 saturated heterocycles. The summed E-state index contributed by atoms with van der Waals surface area (Å²) in [7, 11) is 8.13. The third-order valence-electron chi connectivity index (χ3n) is 8.19. The molecule has 2 bridgehead atoms. The summed E-state index contributed by atoms with van der Waals surface area (Å²) in [5, 5.41) is 3.37. The van der Waals surface area contributed by atoms with Crippen LogP contribution in [0.25, 0.3) is 0 Å². The number of fused-ring (bicyclic) bond motifs is 3. The third kappa shape index (κ3) is 8.41. The summed E-state index contributed by atoms with van der Waals surface area (Å²) in [5.74, 6) is 1.69. The van der Waals surface area contributed by atoms with Crippen LogP contribution in [0, 0.1) is 11.8 Å². The van der Waals surface area contributed by atoms with E-state index in [1.807, 2.05) is 24.1 Å². The number of carbonyl (C=O) groups is 2. The van der Waals surface area contributed by atoms with Gasteiger partial charge in [0.05, 0.1) is 13.2 Å². The minimum Gasteiger partial charge on any atom is -0.493 e. The van der Waals surface area contributed by atoms with Crippen molar-refractivity contribution >= 4 is 17.5 Å². The highest BCUT2D eigenvalue weighted by atomic mass is 16.5. The number of hydrogen-bond donors (Lipinski definition) is 1. The van der Waals surface area contributed by atoms with Crippen LogP contribution in [0.1, 0.15) is 36.8 Å². The number of ether oxygens (including phenoxy) is 1. The molecular formula is C31H46N6O3. The summed E-state index contributed by atoms with van der Waals surface area (Å²) in [6, 6.07) is 10.2. The van der Waals surface area contributed by atoms with Gasteiger partial charge >= 0.3 is 0 Å². The standard InChI is InChI=1S/C31H46N6O3/c1-34(2)14-15-35(3)28-9-10-29-27(17-28)20-33-21-31(39)37-13-11-25(26(23-37)8-6-16-40-29)18-30(38)36(4)22-24-7-5-12-32-19-24/h5,7,9-10,12,17,19,25-26,33H,6,8,11,13-16,18,20-23H2,1-4H3/t25-,26-/m0/s1. The monoisotopic (exact) mass is 550 g/mol. The van der Waals surface area contributed by atoms with Crippen LogP contribution < -0.4 is 15.0 Å². The largest absolute Gasteiger partial charge is 0.493 e. The van der Waals surface area contributed by atoms with E-state index in [2.05, 4.69) is 59.4 Å². The summed E-state index contributed by atoms with van der Waals surface area (Å²) < 4.78 is 6.27. The number of rotatable bonds is 8. The number of carbonyl (C=O) groups excluding carboxylic acids is 2. The number of anilines is 1. The molecule has 4 rings (SSSR count). The fraction of sp³-hybridized carbons (Fsp3) is 0.581. The summed E-state index contributed by atoms with van der Waals surface area (Å²) in [5.41, 5.74) is 3.24. The Labute approximate surface area is 239 Å². The molecule has 2 aromatic rings. The van der Waals surface area contributed by atoms with E-state index >= 15 is 0 Å². The number of pyridine rings is 1. The van der Waals surface area contributed by atoms with Gasteiger partial charge in [-0.25, -0.2) is 0 Å². The van der Waals surface area contributed by atoms with Crippen molar-refractivity contribution in [1.82, 2.24) is 25.0 Å². The van der Waals surface area contributed by atoms with Gasteiger partial charge in [0.2, 0.25) is 11.8 Å². The van der Waals surface area contributed by atoms with Crippen LogP contribution in [-0.4, -0.2) is 99.0 Å². The van der Waals surface area contributed by atoms with Crippen molar-refractivity contribution in [3.63, 3.8) is 0 Å². The number of nitrogens with zero attached hydrogens (tertiary/aromatic N) is 5. The molecule has 0 saturated carbocycles. The molecule has 1 fully saturated rings. The highest BCUT2D eigenvalue weighted by molar-refractivity contribution is 5.79. The van der Waals surface area contributed by atoms with E-state index in [0.29, 0.717) is 45.8 Å². The first-order chi connectivity index (χ1) is 19.3. The van der Waals surface area contributed by atoms with E-state index in [1.165, 1.54) is 0 Å². The van der Waals surface area contributed by atoms with Crippen LogP contribution in [0.4, 0.5) is 5.69 Å². The van der Waals surface area contributed by atoms with Crippen molar-refractivity contribution in [2.45, 2.75) is 38.8 Å². The lowest BCUT2D eigenvalue weighted by Gasteiger charge is -2.39. The van der Waals surface area contributed by atoms with Gasteiger partial charge in [-0.1, -0.05) is 6.07 Å². The van der Waals surface area contributed by atoms with Gasteiger partial charge in [-0.2, -0.15) is 0 Å². The Balaban J connectivity index is 1.39. The van der Waals surface area contributed by atoms with E-state index in [0.717, 1.165) is 54.9 Å². The SMILES string of the molecule is CN(C)CCN(C)c1ccc2c(c1)CNCC(=O)N1CC[C@@H](CC(=O)N(C)Cc3cccnc3)[C@@H](CCCO2)C1. The number of piperidine rings is 1. The Morgan fingerprint density at radius 1 is 1.12 bits per heavy atom. The van der Waals surface area contributed by atoms with E-state index in [4.69, 9.17) is 4.74 Å². The molecule has 1 aromatic heterocycles. The molecule has 9 heteroatoms. The molecule has 2 atom stereocenters. The van der Waals surface area contributed by atoms with Gasteiger partial charge in [-0.05, 0) is 75.0 Å². The molecule has 0 spiro atoms. The zero-order valence-electron chi connectivity index (χ0n) is 24.6. The third-order valence-corrected chi connectivity index (χ3v) is 8.19. The van der Waals surface area contributed by atoms with Crippen LogP contribution in [0.5, 0.6) is 5.75 Å². The molecule has 218 valence electrons. The van der Waals surface area contributed by atoms with Crippen molar-refractivity contribution in [2.75, 3.05) is 72.4 Å². The summed E-state index contributed by atoms with van der Waals surface area (Å²) >= 11 is 0. The number of aromatic nitrogens is 1. The normalized spacial score (nSPS) is 20.0. The highest BCUT2D eigenvalue weighted by Gasteiger charge is 2.33. The van der Waals surface area contributed by atoms with E-state index in [9.17, 15) is 9.59 Å². The second kappa shape index (κ2) is 14.5. The summed E-state index contributed by atoms with van der Waals surface area (Å²) in [6.07, 6.45) is 6.73. The minimum atomic E-state index is 0.129. The van der Waals surface area contributed by atoms with Crippen LogP contribution >= 0.6 is 0 Å². The average molecular weight is 551 g/mol. The number of benzene rings is 1. The van der Waals surface area contributed by atoms with Gasteiger partial charge in [-0.3, -0.25) is 14.6 Å². The smallest absolute Gasteiger partial charge is 0.236 e. The van der Waals surface area contributed by atoms with Gasteiger partial charge in [0, 0.05) is 83.4 Å². The molecule has 2 amide bonds. The Hall–Kier alpha value is -3.17. The predicted octanol–water partition coefficient (Wildman–Crippen LogP) is 2.86. The van der Waals surface area contributed by atoms with Gasteiger partial charge in [0.25, 0.3) is 0 Å². The highest BCUT2D eigenvalue weighted by Crippen LogP contribution is 2.32. The lowest BCUT2D eigenvalue weighted by atomic mass is 9.80. The molecule has 2 aliphatic heterocycles. The van der Waals surface area contributed by atoms with E-state index < -0.39 is 0 Å². The maximum absolute atomic E-state index is 13.1. The zero-order valence-corrected chi connectivity index (χ0v) is 24.6. The van der Waals surface area contributed by atoms with Crippen molar-refractivity contribution in [1.29, 1.82) is 0 Å². The molecule has 3 heterocycles. The Morgan fingerprint density at radius 2 is 1.98 bits per heavy atom. The first-order valence-electron chi connectivity index (χ1n) is 14.5. The lowest BCUT2D eigenvalue weighted by Crippen LogP contribution is -2.47. The molecule has 40 heavy (non-hydrogen) atoms. The van der Waals surface area contributed by atoms with Crippen molar-refractivity contribution in [3.05, 3.63) is 53.9 Å². The molecule has 1 N–H and O–H groups in total. The van der Waals surface area contributed by atoms with E-state index in [1.54, 1.807) is 17.3 Å². The molecule has 0 unspecified atom stereocenters. The Morgan fingerprint density at radius 3 is 2.75 bits per heavy atom. The van der Waals surface area contributed by atoms with Crippen LogP contribution in [0.3, 0.4) is 0 Å². The Bertz CT molecular complexity index is 1110. The predicted molar refractivity (Wildman–Crippen MR) is 158 cm³/mol. The van der Waals surface area contributed by atoms with Gasteiger partial charge in [0.1, 0.15) is 5.75 Å². The van der Waals surface area contributed by atoms with Crippen LogP contribution in [-0.2, 0) is 22.7 Å². The topological polar surface area (TPSA) is 81.3 Å². The molecule has 9 nitrogen and oxygen atoms in total. The second-order valence-corrected chi connectivity index (χ2v) is 11.6. The fourth-order valence-corrected chi connectivity index (χ4v) is 5.64. The molecule has 2 aliphatic rings. The number of amides is 2. The van der Waals surface area contributed by atoms with E-state index in [-0.39, 0.29) is 23.7 Å². The Kier molecular flexibility index (Phi) is 10.8. The number of likely N-dealkylation sites (N-methyl/N-ethyl adjacent to an activating group) is 2. The molecule has 1 aromatic carbocycles.